The summed E-state index contributed by atoms with van der Waals surface area (Å²) in [5.74, 6) is 0. The van der Waals surface area contributed by atoms with Crippen molar-refractivity contribution in [2.45, 2.75) is 51.7 Å². The molecule has 1 heterocycles. The van der Waals surface area contributed by atoms with E-state index in [2.05, 4.69) is 66.2 Å². The number of nitrogens with zero attached hydrogens (tertiary/aromatic N) is 2. The van der Waals surface area contributed by atoms with Crippen LogP contribution in [0.25, 0.3) is 11.3 Å². The van der Waals surface area contributed by atoms with Gasteiger partial charge in [0.1, 0.15) is 0 Å². The molecule has 0 radical (unpaired) electrons. The zero-order valence-corrected chi connectivity index (χ0v) is 12.6. The third-order valence-corrected chi connectivity index (χ3v) is 3.69. The van der Waals surface area contributed by atoms with Crippen LogP contribution in [-0.4, -0.2) is 15.8 Å². The van der Waals surface area contributed by atoms with Gasteiger partial charge in [-0.3, -0.25) is 4.68 Å². The first-order chi connectivity index (χ1) is 9.55. The van der Waals surface area contributed by atoms with Crippen molar-refractivity contribution in [2.75, 3.05) is 0 Å². The quantitative estimate of drug-likeness (QED) is 0.919. The molecule has 0 saturated heterocycles. The zero-order valence-electron chi connectivity index (χ0n) is 12.6. The minimum absolute atomic E-state index is 0.0109. The maximum atomic E-state index is 4.64. The van der Waals surface area contributed by atoms with E-state index in [1.807, 2.05) is 6.20 Å². The highest BCUT2D eigenvalue weighted by atomic mass is 15.3. The predicted octanol–water partition coefficient (Wildman–Crippen LogP) is 3.56. The normalized spacial score (nSPS) is 15.6. The van der Waals surface area contributed by atoms with Crippen LogP contribution >= 0.6 is 0 Å². The Balaban J connectivity index is 1.99. The Morgan fingerprint density at radius 3 is 2.50 bits per heavy atom. The number of nitrogens with one attached hydrogen (secondary N) is 1. The molecule has 0 amide bonds. The number of hydrogen-bond acceptors (Lipinski definition) is 2. The first-order valence-electron chi connectivity index (χ1n) is 7.42. The summed E-state index contributed by atoms with van der Waals surface area (Å²) in [6, 6.07) is 11.3. The largest absolute Gasteiger partial charge is 0.310 e. The molecule has 1 aliphatic rings. The lowest BCUT2D eigenvalue weighted by Gasteiger charge is -2.23. The molecule has 0 atom stereocenters. The maximum Gasteiger partial charge on any atom is 0.0733 e. The fourth-order valence-corrected chi connectivity index (χ4v) is 2.47. The van der Waals surface area contributed by atoms with E-state index < -0.39 is 0 Å². The summed E-state index contributed by atoms with van der Waals surface area (Å²) in [5.41, 5.74) is 3.76. The summed E-state index contributed by atoms with van der Waals surface area (Å²) in [6.07, 6.45) is 4.64. The van der Waals surface area contributed by atoms with Crippen LogP contribution in [0, 0.1) is 0 Å². The van der Waals surface area contributed by atoms with E-state index in [0.717, 1.165) is 12.6 Å². The van der Waals surface area contributed by atoms with Gasteiger partial charge in [0.25, 0.3) is 0 Å². The molecule has 20 heavy (non-hydrogen) atoms. The number of hydrogen-bond donors (Lipinski definition) is 1. The van der Waals surface area contributed by atoms with Crippen LogP contribution in [0.15, 0.2) is 36.5 Å². The topological polar surface area (TPSA) is 29.9 Å². The standard InChI is InChI=1S/C17H23N3/c1-17(2,3)20-16(13-7-5-4-6-8-13)14(12-19-20)11-18-15-9-10-15/h4-8,12,15,18H,9-11H2,1-3H3. The predicted molar refractivity (Wildman–Crippen MR) is 82.5 cm³/mol. The molecule has 2 aromatic rings. The highest BCUT2D eigenvalue weighted by Gasteiger charge is 2.24. The Kier molecular flexibility index (Phi) is 3.38. The molecule has 3 rings (SSSR count). The summed E-state index contributed by atoms with van der Waals surface area (Å²) in [6.45, 7) is 7.50. The molecule has 1 aromatic heterocycles. The van der Waals surface area contributed by atoms with Gasteiger partial charge in [-0.2, -0.15) is 5.10 Å². The minimum atomic E-state index is -0.0109. The highest BCUT2D eigenvalue weighted by Crippen LogP contribution is 2.29. The molecule has 1 N–H and O–H groups in total. The average molecular weight is 269 g/mol. The van der Waals surface area contributed by atoms with E-state index in [1.165, 1.54) is 29.7 Å². The molecule has 106 valence electrons. The van der Waals surface area contributed by atoms with Crippen LogP contribution in [-0.2, 0) is 12.1 Å². The number of benzene rings is 1. The maximum absolute atomic E-state index is 4.64. The Bertz CT molecular complexity index is 574. The van der Waals surface area contributed by atoms with Crippen molar-refractivity contribution in [3.05, 3.63) is 42.1 Å². The second-order valence-electron chi connectivity index (χ2n) is 6.62. The van der Waals surface area contributed by atoms with Gasteiger partial charge >= 0.3 is 0 Å². The molecule has 1 fully saturated rings. The average Bonchev–Trinajstić information content (AvgIpc) is 3.14. The molecule has 1 aliphatic carbocycles. The molecule has 3 heteroatoms. The summed E-state index contributed by atoms with van der Waals surface area (Å²) >= 11 is 0. The molecular weight excluding hydrogens is 246 g/mol. The first kappa shape index (κ1) is 13.4. The summed E-state index contributed by atoms with van der Waals surface area (Å²) in [5, 5.41) is 8.23. The molecule has 0 bridgehead atoms. The van der Waals surface area contributed by atoms with Crippen molar-refractivity contribution in [2.24, 2.45) is 0 Å². The van der Waals surface area contributed by atoms with Gasteiger partial charge in [0.05, 0.1) is 17.4 Å². The molecule has 1 saturated carbocycles. The van der Waals surface area contributed by atoms with Gasteiger partial charge in [-0.15, -0.1) is 0 Å². The lowest BCUT2D eigenvalue weighted by Crippen LogP contribution is -2.24. The molecule has 0 aliphatic heterocycles. The molecular formula is C17H23N3. The lowest BCUT2D eigenvalue weighted by atomic mass is 10.0. The van der Waals surface area contributed by atoms with Crippen LogP contribution in [0.5, 0.6) is 0 Å². The third kappa shape index (κ3) is 2.78. The zero-order chi connectivity index (χ0) is 14.2. The van der Waals surface area contributed by atoms with E-state index in [0.29, 0.717) is 0 Å². The van der Waals surface area contributed by atoms with Crippen molar-refractivity contribution >= 4 is 0 Å². The van der Waals surface area contributed by atoms with Crippen LogP contribution in [0.4, 0.5) is 0 Å². The fraction of sp³-hybridized carbons (Fsp3) is 0.471. The first-order valence-corrected chi connectivity index (χ1v) is 7.42. The Morgan fingerprint density at radius 1 is 1.20 bits per heavy atom. The van der Waals surface area contributed by atoms with E-state index in [9.17, 15) is 0 Å². The lowest BCUT2D eigenvalue weighted by molar-refractivity contribution is 0.360. The van der Waals surface area contributed by atoms with Crippen molar-refractivity contribution in [1.29, 1.82) is 0 Å². The monoisotopic (exact) mass is 269 g/mol. The molecule has 1 aromatic carbocycles. The van der Waals surface area contributed by atoms with Crippen LogP contribution in [0.2, 0.25) is 0 Å². The highest BCUT2D eigenvalue weighted by molar-refractivity contribution is 5.63. The number of aromatic nitrogens is 2. The van der Waals surface area contributed by atoms with Crippen LogP contribution in [0.3, 0.4) is 0 Å². The third-order valence-electron chi connectivity index (χ3n) is 3.69. The summed E-state index contributed by atoms with van der Waals surface area (Å²) in [7, 11) is 0. The number of rotatable bonds is 4. The van der Waals surface area contributed by atoms with Crippen LogP contribution in [0.1, 0.15) is 39.2 Å². The van der Waals surface area contributed by atoms with Crippen molar-refractivity contribution < 1.29 is 0 Å². The van der Waals surface area contributed by atoms with E-state index in [-0.39, 0.29) is 5.54 Å². The van der Waals surface area contributed by atoms with Gasteiger partial charge in [0, 0.05) is 23.7 Å². The summed E-state index contributed by atoms with van der Waals surface area (Å²) < 4.78 is 2.15. The van der Waals surface area contributed by atoms with Gasteiger partial charge in [0.15, 0.2) is 0 Å². The SMILES string of the molecule is CC(C)(C)n1ncc(CNC2CC2)c1-c1ccccc1. The Labute approximate surface area is 121 Å². The molecule has 0 spiro atoms. The van der Waals surface area contributed by atoms with Gasteiger partial charge in [-0.1, -0.05) is 30.3 Å². The second kappa shape index (κ2) is 5.06. The van der Waals surface area contributed by atoms with Crippen molar-refractivity contribution in [3.63, 3.8) is 0 Å². The van der Waals surface area contributed by atoms with Gasteiger partial charge < -0.3 is 5.32 Å². The van der Waals surface area contributed by atoms with Crippen molar-refractivity contribution in [3.8, 4) is 11.3 Å². The van der Waals surface area contributed by atoms with E-state index in [4.69, 9.17) is 0 Å². The second-order valence-corrected chi connectivity index (χ2v) is 6.62. The van der Waals surface area contributed by atoms with Crippen molar-refractivity contribution in [1.82, 2.24) is 15.1 Å². The van der Waals surface area contributed by atoms with Crippen LogP contribution < -0.4 is 5.32 Å². The summed E-state index contributed by atoms with van der Waals surface area (Å²) in [4.78, 5) is 0. The van der Waals surface area contributed by atoms with E-state index in [1.54, 1.807) is 0 Å². The van der Waals surface area contributed by atoms with Gasteiger partial charge in [0.2, 0.25) is 0 Å². The minimum Gasteiger partial charge on any atom is -0.310 e. The Hall–Kier alpha value is -1.61. The van der Waals surface area contributed by atoms with Gasteiger partial charge in [-0.05, 0) is 33.6 Å². The van der Waals surface area contributed by atoms with E-state index >= 15 is 0 Å². The Morgan fingerprint density at radius 2 is 1.90 bits per heavy atom. The van der Waals surface area contributed by atoms with Gasteiger partial charge in [-0.25, -0.2) is 0 Å². The molecule has 3 nitrogen and oxygen atoms in total. The smallest absolute Gasteiger partial charge is 0.0733 e. The molecule has 0 unspecified atom stereocenters. The fourth-order valence-electron chi connectivity index (χ4n) is 2.47.